The van der Waals surface area contributed by atoms with Crippen molar-refractivity contribution in [2.75, 3.05) is 6.61 Å². The number of hydrogen-bond donors (Lipinski definition) is 1. The van der Waals surface area contributed by atoms with Crippen LogP contribution in [-0.4, -0.2) is 18.6 Å². The number of carbonyl (C=O) groups excluding carboxylic acids is 1. The molecular weight excluding hydrogens is 210 g/mol. The highest BCUT2D eigenvalue weighted by atomic mass is 32.1. The van der Waals surface area contributed by atoms with Crippen LogP contribution in [0.15, 0.2) is 17.5 Å². The molecule has 1 rings (SSSR count). The van der Waals surface area contributed by atoms with Crippen molar-refractivity contribution in [2.24, 2.45) is 0 Å². The van der Waals surface area contributed by atoms with E-state index in [-0.39, 0.29) is 18.1 Å². The zero-order valence-electron chi connectivity index (χ0n) is 9.32. The van der Waals surface area contributed by atoms with E-state index in [0.29, 0.717) is 6.61 Å². The predicted octanol–water partition coefficient (Wildman–Crippen LogP) is 2.35. The monoisotopic (exact) mass is 227 g/mol. The van der Waals surface area contributed by atoms with Crippen LogP contribution in [0.4, 0.5) is 0 Å². The van der Waals surface area contributed by atoms with Gasteiger partial charge in [0.25, 0.3) is 0 Å². The third kappa shape index (κ3) is 3.64. The molecule has 0 saturated heterocycles. The van der Waals surface area contributed by atoms with Gasteiger partial charge < -0.3 is 10.1 Å². The molecule has 1 amide bonds. The molecule has 0 aliphatic carbocycles. The summed E-state index contributed by atoms with van der Waals surface area (Å²) in [5.74, 6) is -0.0576. The van der Waals surface area contributed by atoms with Gasteiger partial charge in [-0.1, -0.05) is 6.07 Å². The fourth-order valence-corrected chi connectivity index (χ4v) is 2.00. The largest absolute Gasteiger partial charge is 0.369 e. The van der Waals surface area contributed by atoms with Crippen LogP contribution in [0.25, 0.3) is 0 Å². The summed E-state index contributed by atoms with van der Waals surface area (Å²) in [6, 6.07) is 4.05. The average molecular weight is 227 g/mol. The first-order valence-electron chi connectivity index (χ1n) is 5.10. The van der Waals surface area contributed by atoms with E-state index in [1.807, 2.05) is 31.4 Å². The minimum Gasteiger partial charge on any atom is -0.369 e. The number of nitrogens with one attached hydrogen (secondary N) is 1. The van der Waals surface area contributed by atoms with Crippen LogP contribution in [0.3, 0.4) is 0 Å². The molecule has 84 valence electrons. The molecule has 2 unspecified atom stereocenters. The summed E-state index contributed by atoms with van der Waals surface area (Å²) < 4.78 is 5.21. The lowest BCUT2D eigenvalue weighted by molar-refractivity contribution is -0.132. The van der Waals surface area contributed by atoms with Crippen LogP contribution in [0.2, 0.25) is 0 Å². The van der Waals surface area contributed by atoms with Crippen molar-refractivity contribution in [3.63, 3.8) is 0 Å². The summed E-state index contributed by atoms with van der Waals surface area (Å²) in [7, 11) is 0. The van der Waals surface area contributed by atoms with Crippen molar-refractivity contribution in [2.45, 2.75) is 32.9 Å². The van der Waals surface area contributed by atoms with Gasteiger partial charge in [-0.15, -0.1) is 11.3 Å². The number of thiophene rings is 1. The first kappa shape index (κ1) is 12.2. The fourth-order valence-electron chi connectivity index (χ4n) is 1.27. The standard InChI is InChI=1S/C11H17NO2S/c1-4-14-9(3)11(13)12-8(2)10-6-5-7-15-10/h5-9H,4H2,1-3H3,(H,12,13). The van der Waals surface area contributed by atoms with Crippen molar-refractivity contribution >= 4 is 17.2 Å². The van der Waals surface area contributed by atoms with E-state index in [2.05, 4.69) is 5.32 Å². The molecule has 1 N–H and O–H groups in total. The van der Waals surface area contributed by atoms with E-state index < -0.39 is 0 Å². The van der Waals surface area contributed by atoms with E-state index in [1.54, 1.807) is 18.3 Å². The van der Waals surface area contributed by atoms with Crippen LogP contribution >= 0.6 is 11.3 Å². The topological polar surface area (TPSA) is 38.3 Å². The Labute approximate surface area is 94.5 Å². The van der Waals surface area contributed by atoms with Crippen LogP contribution in [0.5, 0.6) is 0 Å². The second-order valence-electron chi connectivity index (χ2n) is 3.34. The lowest BCUT2D eigenvalue weighted by atomic mass is 10.2. The number of carbonyl (C=O) groups is 1. The van der Waals surface area contributed by atoms with E-state index in [9.17, 15) is 4.79 Å². The summed E-state index contributed by atoms with van der Waals surface area (Å²) in [5, 5.41) is 4.92. The Hall–Kier alpha value is -0.870. The fraction of sp³-hybridized carbons (Fsp3) is 0.545. The zero-order valence-corrected chi connectivity index (χ0v) is 10.1. The predicted molar refractivity (Wildman–Crippen MR) is 62.0 cm³/mol. The number of amides is 1. The SMILES string of the molecule is CCOC(C)C(=O)NC(C)c1cccs1. The van der Waals surface area contributed by atoms with Gasteiger partial charge in [-0.25, -0.2) is 0 Å². The van der Waals surface area contributed by atoms with Crippen molar-refractivity contribution < 1.29 is 9.53 Å². The molecule has 0 spiro atoms. The third-order valence-electron chi connectivity index (χ3n) is 2.11. The minimum absolute atomic E-state index is 0.0559. The van der Waals surface area contributed by atoms with Gasteiger partial charge >= 0.3 is 0 Å². The Kier molecular flexibility index (Phi) is 4.78. The number of ether oxygens (including phenoxy) is 1. The van der Waals surface area contributed by atoms with Gasteiger partial charge in [0.15, 0.2) is 0 Å². The molecule has 0 fully saturated rings. The molecule has 2 atom stereocenters. The van der Waals surface area contributed by atoms with Crippen LogP contribution in [0.1, 0.15) is 31.7 Å². The van der Waals surface area contributed by atoms with E-state index >= 15 is 0 Å². The quantitative estimate of drug-likeness (QED) is 0.838. The molecule has 1 aromatic rings. The molecular formula is C11H17NO2S. The second kappa shape index (κ2) is 5.88. The zero-order chi connectivity index (χ0) is 11.3. The maximum absolute atomic E-state index is 11.6. The summed E-state index contributed by atoms with van der Waals surface area (Å²) in [6.45, 7) is 6.18. The lowest BCUT2D eigenvalue weighted by Gasteiger charge is -2.16. The van der Waals surface area contributed by atoms with Crippen molar-refractivity contribution in [1.82, 2.24) is 5.32 Å². The summed E-state index contributed by atoms with van der Waals surface area (Å²) in [6.07, 6.45) is -0.377. The van der Waals surface area contributed by atoms with Crippen LogP contribution in [-0.2, 0) is 9.53 Å². The normalized spacial score (nSPS) is 14.6. The lowest BCUT2D eigenvalue weighted by Crippen LogP contribution is -2.35. The van der Waals surface area contributed by atoms with Crippen LogP contribution < -0.4 is 5.32 Å². The van der Waals surface area contributed by atoms with Gasteiger partial charge in [-0.3, -0.25) is 4.79 Å². The molecule has 1 aromatic heterocycles. The van der Waals surface area contributed by atoms with E-state index in [4.69, 9.17) is 4.74 Å². The van der Waals surface area contributed by atoms with Crippen molar-refractivity contribution in [3.05, 3.63) is 22.4 Å². The molecule has 0 bridgehead atoms. The first-order chi connectivity index (χ1) is 7.15. The first-order valence-corrected chi connectivity index (χ1v) is 5.98. The molecule has 4 heteroatoms. The van der Waals surface area contributed by atoms with Gasteiger partial charge in [0, 0.05) is 11.5 Å². The number of hydrogen-bond acceptors (Lipinski definition) is 3. The molecule has 0 saturated carbocycles. The molecule has 0 radical (unpaired) electrons. The smallest absolute Gasteiger partial charge is 0.249 e. The van der Waals surface area contributed by atoms with Gasteiger partial charge in [-0.2, -0.15) is 0 Å². The second-order valence-corrected chi connectivity index (χ2v) is 4.32. The molecule has 3 nitrogen and oxygen atoms in total. The van der Waals surface area contributed by atoms with Crippen molar-refractivity contribution in [1.29, 1.82) is 0 Å². The maximum atomic E-state index is 11.6. The highest BCUT2D eigenvalue weighted by Gasteiger charge is 2.16. The van der Waals surface area contributed by atoms with E-state index in [0.717, 1.165) is 4.88 Å². The molecule has 0 aliphatic rings. The average Bonchev–Trinajstić information content (AvgIpc) is 2.70. The highest BCUT2D eigenvalue weighted by Crippen LogP contribution is 2.18. The van der Waals surface area contributed by atoms with Gasteiger partial charge in [-0.05, 0) is 32.2 Å². The summed E-state index contributed by atoms with van der Waals surface area (Å²) >= 11 is 1.64. The maximum Gasteiger partial charge on any atom is 0.249 e. The Morgan fingerprint density at radius 2 is 2.33 bits per heavy atom. The third-order valence-corrected chi connectivity index (χ3v) is 3.17. The minimum atomic E-state index is -0.377. The molecule has 0 aliphatic heterocycles. The van der Waals surface area contributed by atoms with Gasteiger partial charge in [0.05, 0.1) is 6.04 Å². The Balaban J connectivity index is 2.44. The van der Waals surface area contributed by atoms with Crippen molar-refractivity contribution in [3.8, 4) is 0 Å². The summed E-state index contributed by atoms with van der Waals surface area (Å²) in [5.41, 5.74) is 0. The molecule has 15 heavy (non-hydrogen) atoms. The Bertz CT molecular complexity index is 298. The van der Waals surface area contributed by atoms with Gasteiger partial charge in [0.1, 0.15) is 6.10 Å². The summed E-state index contributed by atoms with van der Waals surface area (Å²) in [4.78, 5) is 12.8. The van der Waals surface area contributed by atoms with Gasteiger partial charge in [0.2, 0.25) is 5.91 Å². The Morgan fingerprint density at radius 3 is 2.87 bits per heavy atom. The van der Waals surface area contributed by atoms with E-state index in [1.165, 1.54) is 0 Å². The number of rotatable bonds is 5. The highest BCUT2D eigenvalue weighted by molar-refractivity contribution is 7.10. The molecule has 0 aromatic carbocycles. The molecule has 1 heterocycles. The van der Waals surface area contributed by atoms with Crippen LogP contribution in [0, 0.1) is 0 Å². The Morgan fingerprint density at radius 1 is 1.60 bits per heavy atom.